The van der Waals surface area contributed by atoms with Crippen molar-refractivity contribution in [2.24, 2.45) is 10.9 Å². The van der Waals surface area contributed by atoms with Crippen LogP contribution in [0.5, 0.6) is 0 Å². The Morgan fingerprint density at radius 1 is 1.41 bits per heavy atom. The van der Waals surface area contributed by atoms with Crippen LogP contribution in [0.3, 0.4) is 0 Å². The number of thiazole rings is 1. The number of nitrogens with zero attached hydrogens (tertiary/aromatic N) is 3. The summed E-state index contributed by atoms with van der Waals surface area (Å²) in [5, 5.41) is 7.84. The zero-order valence-electron chi connectivity index (χ0n) is 14.1. The summed E-state index contributed by atoms with van der Waals surface area (Å²) in [7, 11) is 0. The third kappa shape index (κ3) is 5.93. The van der Waals surface area contributed by atoms with E-state index in [9.17, 15) is 0 Å². The molecule has 1 aliphatic heterocycles. The van der Waals surface area contributed by atoms with E-state index in [0.717, 1.165) is 24.1 Å². The molecular formula is C16H29N5S. The minimum absolute atomic E-state index is 0.629. The topological polar surface area (TPSA) is 52.6 Å². The predicted octanol–water partition coefficient (Wildman–Crippen LogP) is 2.24. The average molecular weight is 324 g/mol. The summed E-state index contributed by atoms with van der Waals surface area (Å²) in [5.74, 6) is 1.52. The van der Waals surface area contributed by atoms with Crippen molar-refractivity contribution in [2.45, 2.75) is 40.2 Å². The molecule has 2 heterocycles. The number of aryl methyl sites for hydroxylation is 1. The molecule has 2 N–H and O–H groups in total. The number of aliphatic imine (C=N–C) groups is 1. The summed E-state index contributed by atoms with van der Waals surface area (Å²) < 4.78 is 0. The normalized spacial score (nSPS) is 17.7. The fraction of sp³-hybridized carbons (Fsp3) is 0.750. The zero-order chi connectivity index (χ0) is 15.8. The smallest absolute Gasteiger partial charge is 0.191 e. The van der Waals surface area contributed by atoms with E-state index in [1.165, 1.54) is 37.4 Å². The molecule has 1 aromatic heterocycles. The van der Waals surface area contributed by atoms with E-state index in [4.69, 9.17) is 0 Å². The lowest BCUT2D eigenvalue weighted by molar-refractivity contribution is 0.287. The van der Waals surface area contributed by atoms with E-state index in [2.05, 4.69) is 46.3 Å². The Morgan fingerprint density at radius 3 is 2.82 bits per heavy atom. The molecular weight excluding hydrogens is 294 g/mol. The standard InChI is InChI=1S/C16H29N5S/c1-4-17-16(20-11-15-18-10-14(3)22-15)19-9-13(2)12-21-7-5-6-8-21/h10,13H,4-9,11-12H2,1-3H3,(H2,17,19,20). The fourth-order valence-corrected chi connectivity index (χ4v) is 3.42. The molecule has 0 spiro atoms. The van der Waals surface area contributed by atoms with Crippen LogP contribution in [-0.2, 0) is 6.54 Å². The summed E-state index contributed by atoms with van der Waals surface area (Å²) >= 11 is 1.71. The Labute approximate surface area is 138 Å². The van der Waals surface area contributed by atoms with Crippen LogP contribution in [-0.4, -0.2) is 48.6 Å². The lowest BCUT2D eigenvalue weighted by Gasteiger charge is -2.21. The molecule has 22 heavy (non-hydrogen) atoms. The third-order valence-electron chi connectivity index (χ3n) is 3.77. The van der Waals surface area contributed by atoms with Gasteiger partial charge >= 0.3 is 0 Å². The molecule has 1 atom stereocenters. The molecule has 1 fully saturated rings. The van der Waals surface area contributed by atoms with Gasteiger partial charge in [0.05, 0.1) is 6.54 Å². The predicted molar refractivity (Wildman–Crippen MR) is 94.5 cm³/mol. The number of nitrogens with one attached hydrogen (secondary N) is 2. The quantitative estimate of drug-likeness (QED) is 0.597. The van der Waals surface area contributed by atoms with Crippen LogP contribution >= 0.6 is 11.3 Å². The van der Waals surface area contributed by atoms with Gasteiger partial charge in [0.1, 0.15) is 5.01 Å². The molecule has 0 amide bonds. The highest BCUT2D eigenvalue weighted by molar-refractivity contribution is 7.11. The first-order chi connectivity index (χ1) is 10.7. The molecule has 0 radical (unpaired) electrons. The van der Waals surface area contributed by atoms with Gasteiger partial charge in [0.15, 0.2) is 5.96 Å². The summed E-state index contributed by atoms with van der Waals surface area (Å²) in [6, 6.07) is 0. The first kappa shape index (κ1) is 17.2. The number of hydrogen-bond acceptors (Lipinski definition) is 4. The Bertz CT molecular complexity index is 465. The minimum Gasteiger partial charge on any atom is -0.357 e. The van der Waals surface area contributed by atoms with Crippen LogP contribution in [0.25, 0.3) is 0 Å². The van der Waals surface area contributed by atoms with Crippen LogP contribution in [0.4, 0.5) is 0 Å². The Morgan fingerprint density at radius 2 is 2.18 bits per heavy atom. The van der Waals surface area contributed by atoms with Crippen molar-refractivity contribution in [1.82, 2.24) is 20.5 Å². The number of rotatable bonds is 7. The Balaban J connectivity index is 1.77. The molecule has 6 heteroatoms. The van der Waals surface area contributed by atoms with Crippen molar-refractivity contribution in [3.63, 3.8) is 0 Å². The van der Waals surface area contributed by atoms with Gasteiger partial charge in [-0.3, -0.25) is 0 Å². The van der Waals surface area contributed by atoms with Crippen LogP contribution in [0, 0.1) is 12.8 Å². The van der Waals surface area contributed by atoms with E-state index in [-0.39, 0.29) is 0 Å². The average Bonchev–Trinajstić information content (AvgIpc) is 3.13. The molecule has 1 aliphatic rings. The highest BCUT2D eigenvalue weighted by atomic mass is 32.1. The summed E-state index contributed by atoms with van der Waals surface area (Å²) in [6.07, 6.45) is 4.63. The van der Waals surface area contributed by atoms with E-state index in [1.54, 1.807) is 11.3 Å². The van der Waals surface area contributed by atoms with Gasteiger partial charge < -0.3 is 15.5 Å². The van der Waals surface area contributed by atoms with Gasteiger partial charge in [0.25, 0.3) is 0 Å². The summed E-state index contributed by atoms with van der Waals surface area (Å²) in [4.78, 5) is 12.8. The second-order valence-corrected chi connectivity index (χ2v) is 7.37. The van der Waals surface area contributed by atoms with Crippen molar-refractivity contribution in [2.75, 3.05) is 32.7 Å². The molecule has 0 aromatic carbocycles. The van der Waals surface area contributed by atoms with Crippen molar-refractivity contribution >= 4 is 17.3 Å². The van der Waals surface area contributed by atoms with Gasteiger partial charge in [-0.15, -0.1) is 11.3 Å². The molecule has 1 aromatic rings. The van der Waals surface area contributed by atoms with Gasteiger partial charge in [0.2, 0.25) is 0 Å². The van der Waals surface area contributed by atoms with Gasteiger partial charge in [-0.2, -0.15) is 0 Å². The number of hydrogen-bond donors (Lipinski definition) is 2. The van der Waals surface area contributed by atoms with Crippen molar-refractivity contribution in [3.8, 4) is 0 Å². The van der Waals surface area contributed by atoms with E-state index in [1.807, 2.05) is 6.20 Å². The van der Waals surface area contributed by atoms with Gasteiger partial charge in [-0.25, -0.2) is 9.98 Å². The van der Waals surface area contributed by atoms with Crippen LogP contribution in [0.2, 0.25) is 0 Å². The van der Waals surface area contributed by atoms with Crippen LogP contribution in [0.15, 0.2) is 11.2 Å². The molecule has 0 bridgehead atoms. The monoisotopic (exact) mass is 323 g/mol. The number of likely N-dealkylation sites (tertiary alicyclic amines) is 1. The van der Waals surface area contributed by atoms with E-state index < -0.39 is 0 Å². The number of guanidine groups is 1. The zero-order valence-corrected chi connectivity index (χ0v) is 14.9. The van der Waals surface area contributed by atoms with Gasteiger partial charge in [-0.05, 0) is 45.7 Å². The maximum Gasteiger partial charge on any atom is 0.191 e. The largest absolute Gasteiger partial charge is 0.357 e. The lowest BCUT2D eigenvalue weighted by Crippen LogP contribution is -2.41. The van der Waals surface area contributed by atoms with Crippen molar-refractivity contribution in [1.29, 1.82) is 0 Å². The molecule has 1 saturated heterocycles. The van der Waals surface area contributed by atoms with E-state index >= 15 is 0 Å². The van der Waals surface area contributed by atoms with Crippen molar-refractivity contribution in [3.05, 3.63) is 16.1 Å². The maximum absolute atomic E-state index is 4.63. The summed E-state index contributed by atoms with van der Waals surface area (Å²) in [5.41, 5.74) is 0. The Hall–Kier alpha value is -1.14. The minimum atomic E-state index is 0.629. The fourth-order valence-electron chi connectivity index (χ4n) is 2.70. The van der Waals surface area contributed by atoms with Gasteiger partial charge in [-0.1, -0.05) is 6.92 Å². The lowest BCUT2D eigenvalue weighted by atomic mass is 10.1. The maximum atomic E-state index is 4.63. The molecule has 0 saturated carbocycles. The van der Waals surface area contributed by atoms with Crippen LogP contribution < -0.4 is 10.6 Å². The molecule has 124 valence electrons. The van der Waals surface area contributed by atoms with Gasteiger partial charge in [0, 0.05) is 30.7 Å². The first-order valence-electron chi connectivity index (χ1n) is 8.33. The molecule has 2 rings (SSSR count). The molecule has 0 aliphatic carbocycles. The SMILES string of the molecule is CCNC(=NCc1ncc(C)s1)NCC(C)CN1CCCC1. The first-order valence-corrected chi connectivity index (χ1v) is 9.15. The van der Waals surface area contributed by atoms with E-state index in [0.29, 0.717) is 12.5 Å². The highest BCUT2D eigenvalue weighted by Crippen LogP contribution is 2.12. The molecule has 5 nitrogen and oxygen atoms in total. The molecule has 1 unspecified atom stereocenters. The number of aromatic nitrogens is 1. The highest BCUT2D eigenvalue weighted by Gasteiger charge is 2.14. The second kappa shape index (κ2) is 9.10. The Kier molecular flexibility index (Phi) is 7.12. The summed E-state index contributed by atoms with van der Waals surface area (Å²) in [6.45, 7) is 12.7. The third-order valence-corrected chi connectivity index (χ3v) is 4.67. The van der Waals surface area contributed by atoms with Crippen molar-refractivity contribution < 1.29 is 0 Å². The second-order valence-electron chi connectivity index (χ2n) is 6.05. The van der Waals surface area contributed by atoms with Crippen LogP contribution in [0.1, 0.15) is 36.6 Å².